The summed E-state index contributed by atoms with van der Waals surface area (Å²) in [4.78, 5) is 25.9. The second-order valence-corrected chi connectivity index (χ2v) is 7.72. The summed E-state index contributed by atoms with van der Waals surface area (Å²) in [5, 5.41) is 3.27. The highest BCUT2D eigenvalue weighted by atomic mass is 32.2. The van der Waals surface area contributed by atoms with Crippen molar-refractivity contribution < 1.29 is 9.59 Å². The zero-order chi connectivity index (χ0) is 15.0. The van der Waals surface area contributed by atoms with E-state index < -0.39 is 0 Å². The molecule has 0 aromatic carbocycles. The van der Waals surface area contributed by atoms with Crippen LogP contribution in [0.1, 0.15) is 39.0 Å². The van der Waals surface area contributed by atoms with Crippen molar-refractivity contribution in [2.24, 2.45) is 17.6 Å². The molecule has 3 aliphatic rings. The van der Waals surface area contributed by atoms with Crippen molar-refractivity contribution in [3.05, 3.63) is 0 Å². The monoisotopic (exact) mass is 311 g/mol. The Morgan fingerprint density at radius 1 is 1.24 bits per heavy atom. The molecular weight excluding hydrogens is 286 g/mol. The predicted octanol–water partition coefficient (Wildman–Crippen LogP) is 0.930. The van der Waals surface area contributed by atoms with Gasteiger partial charge in [0, 0.05) is 24.8 Å². The maximum Gasteiger partial charge on any atom is 0.243 e. The number of nitrogens with zero attached hydrogens (tertiary/aromatic N) is 1. The number of carbonyl (C=O) groups excluding carboxylic acids is 2. The van der Waals surface area contributed by atoms with Crippen molar-refractivity contribution in [3.63, 3.8) is 0 Å². The standard InChI is InChI=1S/C15H25N3O2S/c1-9(19)18-8-21-7-13(18)15(20)17-14-10-3-2-4-11(14)6-12(16)5-10/h10-14H,2-8,16H2,1H3,(H,17,20). The van der Waals surface area contributed by atoms with Gasteiger partial charge in [-0.25, -0.2) is 0 Å². The molecular formula is C15H25N3O2S. The SMILES string of the molecule is CC(=O)N1CSCC1C(=O)NC1C2CCCC1CC(N)C2. The first-order valence-electron chi connectivity index (χ1n) is 7.97. The minimum Gasteiger partial charge on any atom is -0.351 e. The molecule has 3 N–H and O–H groups in total. The van der Waals surface area contributed by atoms with Crippen molar-refractivity contribution >= 4 is 23.6 Å². The average Bonchev–Trinajstić information content (AvgIpc) is 2.89. The van der Waals surface area contributed by atoms with Crippen LogP contribution in [0.25, 0.3) is 0 Å². The maximum absolute atomic E-state index is 12.6. The van der Waals surface area contributed by atoms with E-state index in [1.807, 2.05) is 0 Å². The molecule has 2 saturated carbocycles. The van der Waals surface area contributed by atoms with Crippen LogP contribution in [0.3, 0.4) is 0 Å². The molecule has 5 nitrogen and oxygen atoms in total. The Morgan fingerprint density at radius 2 is 1.90 bits per heavy atom. The molecule has 2 amide bonds. The highest BCUT2D eigenvalue weighted by molar-refractivity contribution is 7.99. The zero-order valence-electron chi connectivity index (χ0n) is 12.6. The number of hydrogen-bond donors (Lipinski definition) is 2. The Hall–Kier alpha value is -0.750. The third kappa shape index (κ3) is 3.06. The summed E-state index contributed by atoms with van der Waals surface area (Å²) in [5.41, 5.74) is 6.13. The van der Waals surface area contributed by atoms with E-state index in [-0.39, 0.29) is 23.9 Å². The molecule has 1 aliphatic heterocycles. The number of nitrogens with two attached hydrogens (primary N) is 1. The van der Waals surface area contributed by atoms with Crippen LogP contribution in [-0.2, 0) is 9.59 Å². The Labute approximate surface area is 130 Å². The van der Waals surface area contributed by atoms with E-state index >= 15 is 0 Å². The number of carbonyl (C=O) groups is 2. The maximum atomic E-state index is 12.6. The molecule has 0 radical (unpaired) electrons. The van der Waals surface area contributed by atoms with E-state index in [2.05, 4.69) is 5.32 Å². The summed E-state index contributed by atoms with van der Waals surface area (Å²) >= 11 is 1.65. The molecule has 118 valence electrons. The second kappa shape index (κ2) is 6.16. The minimum atomic E-state index is -0.288. The van der Waals surface area contributed by atoms with Crippen LogP contribution in [0.5, 0.6) is 0 Å². The molecule has 2 aliphatic carbocycles. The molecule has 0 aromatic heterocycles. The highest BCUT2D eigenvalue weighted by Gasteiger charge is 2.42. The van der Waals surface area contributed by atoms with Gasteiger partial charge in [0.25, 0.3) is 0 Å². The first kappa shape index (κ1) is 15.2. The lowest BCUT2D eigenvalue weighted by atomic mass is 9.67. The van der Waals surface area contributed by atoms with Crippen LogP contribution in [0, 0.1) is 11.8 Å². The Balaban J connectivity index is 1.65. The first-order chi connectivity index (χ1) is 10.1. The lowest BCUT2D eigenvalue weighted by molar-refractivity contribution is -0.137. The smallest absolute Gasteiger partial charge is 0.243 e. The molecule has 1 saturated heterocycles. The number of fused-ring (bicyclic) bond motifs is 2. The molecule has 0 aromatic rings. The summed E-state index contributed by atoms with van der Waals surface area (Å²) in [7, 11) is 0. The van der Waals surface area contributed by atoms with Gasteiger partial charge in [-0.2, -0.15) is 0 Å². The van der Waals surface area contributed by atoms with Crippen LogP contribution in [0.4, 0.5) is 0 Å². The summed E-state index contributed by atoms with van der Waals surface area (Å²) in [5.74, 6) is 2.43. The van der Waals surface area contributed by atoms with Gasteiger partial charge in [0.2, 0.25) is 11.8 Å². The van der Waals surface area contributed by atoms with Gasteiger partial charge in [-0.3, -0.25) is 9.59 Å². The second-order valence-electron chi connectivity index (χ2n) is 6.72. The van der Waals surface area contributed by atoms with Crippen LogP contribution in [0.15, 0.2) is 0 Å². The molecule has 21 heavy (non-hydrogen) atoms. The predicted molar refractivity (Wildman–Crippen MR) is 83.6 cm³/mol. The van der Waals surface area contributed by atoms with Crippen molar-refractivity contribution in [3.8, 4) is 0 Å². The Morgan fingerprint density at radius 3 is 2.52 bits per heavy atom. The van der Waals surface area contributed by atoms with Gasteiger partial charge in [-0.15, -0.1) is 11.8 Å². The lowest BCUT2D eigenvalue weighted by Gasteiger charge is -2.45. The largest absolute Gasteiger partial charge is 0.351 e. The first-order valence-corrected chi connectivity index (χ1v) is 9.12. The zero-order valence-corrected chi connectivity index (χ0v) is 13.4. The van der Waals surface area contributed by atoms with Crippen molar-refractivity contribution in [2.75, 3.05) is 11.6 Å². The summed E-state index contributed by atoms with van der Waals surface area (Å²) in [6.07, 6.45) is 5.65. The molecule has 3 unspecified atom stereocenters. The Kier molecular flexibility index (Phi) is 4.45. The third-order valence-electron chi connectivity index (χ3n) is 5.27. The van der Waals surface area contributed by atoms with Gasteiger partial charge in [-0.1, -0.05) is 6.42 Å². The third-order valence-corrected chi connectivity index (χ3v) is 6.29. The van der Waals surface area contributed by atoms with Gasteiger partial charge >= 0.3 is 0 Å². The van der Waals surface area contributed by atoms with Crippen molar-refractivity contribution in [1.29, 1.82) is 0 Å². The van der Waals surface area contributed by atoms with Gasteiger partial charge in [0.15, 0.2) is 0 Å². The quantitative estimate of drug-likeness (QED) is 0.795. The number of thioether (sulfide) groups is 1. The van der Waals surface area contributed by atoms with E-state index in [0.29, 0.717) is 29.5 Å². The van der Waals surface area contributed by atoms with Crippen LogP contribution >= 0.6 is 11.8 Å². The number of nitrogens with one attached hydrogen (secondary N) is 1. The topological polar surface area (TPSA) is 75.4 Å². The molecule has 1 heterocycles. The van der Waals surface area contributed by atoms with Gasteiger partial charge in [0.1, 0.15) is 6.04 Å². The van der Waals surface area contributed by atoms with Gasteiger partial charge in [0.05, 0.1) is 5.88 Å². The molecule has 2 bridgehead atoms. The van der Waals surface area contributed by atoms with Gasteiger partial charge in [-0.05, 0) is 37.5 Å². The normalized spacial score (nSPS) is 39.1. The molecule has 3 rings (SSSR count). The van der Waals surface area contributed by atoms with E-state index in [1.54, 1.807) is 23.6 Å². The number of amides is 2. The van der Waals surface area contributed by atoms with Crippen LogP contribution < -0.4 is 11.1 Å². The minimum absolute atomic E-state index is 0.00832. The fraction of sp³-hybridized carbons (Fsp3) is 0.867. The fourth-order valence-corrected chi connectivity index (χ4v) is 5.47. The molecule has 0 spiro atoms. The van der Waals surface area contributed by atoms with E-state index in [9.17, 15) is 9.59 Å². The van der Waals surface area contributed by atoms with Crippen LogP contribution in [-0.4, -0.2) is 46.5 Å². The lowest BCUT2D eigenvalue weighted by Crippen LogP contribution is -2.57. The van der Waals surface area contributed by atoms with Crippen molar-refractivity contribution in [1.82, 2.24) is 10.2 Å². The van der Waals surface area contributed by atoms with E-state index in [1.165, 1.54) is 19.3 Å². The number of hydrogen-bond acceptors (Lipinski definition) is 4. The highest BCUT2D eigenvalue weighted by Crippen LogP contribution is 2.39. The van der Waals surface area contributed by atoms with Gasteiger partial charge < -0.3 is 16.0 Å². The Bertz CT molecular complexity index is 417. The summed E-state index contributed by atoms with van der Waals surface area (Å²) in [6.45, 7) is 1.54. The molecule has 3 fully saturated rings. The average molecular weight is 311 g/mol. The van der Waals surface area contributed by atoms with Crippen molar-refractivity contribution in [2.45, 2.75) is 57.2 Å². The summed E-state index contributed by atoms with van der Waals surface area (Å²) < 4.78 is 0. The summed E-state index contributed by atoms with van der Waals surface area (Å²) in [6, 6.07) is 0.276. The van der Waals surface area contributed by atoms with E-state index in [4.69, 9.17) is 5.73 Å². The van der Waals surface area contributed by atoms with Crippen LogP contribution in [0.2, 0.25) is 0 Å². The molecule has 3 atom stereocenters. The number of rotatable bonds is 2. The van der Waals surface area contributed by atoms with E-state index in [0.717, 1.165) is 12.8 Å². The molecule has 6 heteroatoms. The fourth-order valence-electron chi connectivity index (χ4n) is 4.26.